The van der Waals surface area contributed by atoms with Crippen molar-refractivity contribution in [1.82, 2.24) is 0 Å². The van der Waals surface area contributed by atoms with E-state index in [-0.39, 0.29) is 10.8 Å². The van der Waals surface area contributed by atoms with Gasteiger partial charge in [0.15, 0.2) is 11.6 Å². The number of halogens is 5. The quantitative estimate of drug-likeness (QED) is 0.606. The smallest absolute Gasteiger partial charge is 0.482 e. The second-order valence-electron chi connectivity index (χ2n) is 3.57. The Morgan fingerprint density at radius 2 is 1.72 bits per heavy atom. The van der Waals surface area contributed by atoms with Gasteiger partial charge >= 0.3 is 6.30 Å². The largest absolute Gasteiger partial charge is 0.505 e. The Balaban J connectivity index is 2.60. The highest BCUT2D eigenvalue weighted by Gasteiger charge is 2.28. The molecule has 0 bridgehead atoms. The highest BCUT2D eigenvalue weighted by Crippen LogP contribution is 2.31. The summed E-state index contributed by atoms with van der Waals surface area (Å²) in [6.45, 7) is 0. The molecule has 0 aliphatic carbocycles. The molecule has 0 heterocycles. The van der Waals surface area contributed by atoms with Crippen LogP contribution in [0.15, 0.2) is 24.3 Å². The van der Waals surface area contributed by atoms with Gasteiger partial charge in [-0.05, 0) is 23.6 Å². The lowest BCUT2D eigenvalue weighted by molar-refractivity contribution is -0.100. The number of benzene rings is 2. The number of phenolic OH excluding ortho intramolecular Hbond substituents is 1. The lowest BCUT2D eigenvalue weighted by atomic mass is 10.1. The molecule has 0 radical (unpaired) electrons. The van der Waals surface area contributed by atoms with Crippen LogP contribution in [0.1, 0.15) is 0 Å². The number of aromatic hydroxyl groups is 1. The summed E-state index contributed by atoms with van der Waals surface area (Å²) in [7, 11) is 0. The van der Waals surface area contributed by atoms with Crippen molar-refractivity contribution in [3.63, 3.8) is 0 Å². The van der Waals surface area contributed by atoms with Gasteiger partial charge in [-0.15, -0.1) is 0 Å². The molecule has 96 valence electrons. The third-order valence-electron chi connectivity index (χ3n) is 2.30. The number of fused-ring (bicyclic) bond motifs is 1. The van der Waals surface area contributed by atoms with E-state index in [2.05, 4.69) is 0 Å². The molecule has 0 unspecified atom stereocenters. The molecule has 18 heavy (non-hydrogen) atoms. The van der Waals surface area contributed by atoms with E-state index < -0.39 is 29.4 Å². The zero-order chi connectivity index (χ0) is 13.5. The average molecular weight is 263 g/mol. The number of hydrogen-bond acceptors (Lipinski definition) is 2. The van der Waals surface area contributed by atoms with Crippen molar-refractivity contribution in [2.24, 2.45) is 0 Å². The molecule has 0 saturated carbocycles. The molecule has 0 fully saturated rings. The van der Waals surface area contributed by atoms with Gasteiger partial charge in [0, 0.05) is 5.39 Å². The molecule has 0 aliphatic rings. The van der Waals surface area contributed by atoms with E-state index in [4.69, 9.17) is 5.11 Å². The molecule has 0 aromatic heterocycles. The van der Waals surface area contributed by atoms with Crippen molar-refractivity contribution in [2.75, 3.05) is 5.32 Å². The van der Waals surface area contributed by atoms with Crippen LogP contribution < -0.4 is 5.32 Å². The average Bonchev–Trinajstić information content (AvgIpc) is 2.24. The van der Waals surface area contributed by atoms with Gasteiger partial charge in [-0.25, -0.2) is 8.78 Å². The normalized spacial score (nSPS) is 11.8. The van der Waals surface area contributed by atoms with E-state index in [0.29, 0.717) is 6.07 Å². The van der Waals surface area contributed by atoms with Crippen molar-refractivity contribution in [3.8, 4) is 5.75 Å². The topological polar surface area (TPSA) is 32.3 Å². The van der Waals surface area contributed by atoms with Crippen LogP contribution in [-0.4, -0.2) is 11.4 Å². The van der Waals surface area contributed by atoms with E-state index in [0.717, 1.165) is 17.4 Å². The highest BCUT2D eigenvalue weighted by atomic mass is 19.4. The van der Waals surface area contributed by atoms with Crippen LogP contribution in [0.2, 0.25) is 0 Å². The molecule has 2 N–H and O–H groups in total. The molecule has 0 spiro atoms. The molecular formula is C11H6F5NO. The zero-order valence-electron chi connectivity index (χ0n) is 8.65. The van der Waals surface area contributed by atoms with E-state index >= 15 is 0 Å². The maximum Gasteiger partial charge on any atom is 0.482 e. The minimum absolute atomic E-state index is 0.0402. The second kappa shape index (κ2) is 4.01. The lowest BCUT2D eigenvalue weighted by Gasteiger charge is -2.12. The first-order valence-electron chi connectivity index (χ1n) is 4.73. The predicted octanol–water partition coefficient (Wildman–Crippen LogP) is 3.76. The third kappa shape index (κ3) is 2.29. The Hall–Kier alpha value is -2.05. The van der Waals surface area contributed by atoms with Crippen LogP contribution in [0.4, 0.5) is 27.6 Å². The third-order valence-corrected chi connectivity index (χ3v) is 2.30. The maximum absolute atomic E-state index is 13.4. The number of anilines is 1. The summed E-state index contributed by atoms with van der Waals surface area (Å²) in [4.78, 5) is 0. The van der Waals surface area contributed by atoms with Crippen molar-refractivity contribution >= 4 is 16.5 Å². The summed E-state index contributed by atoms with van der Waals surface area (Å²) in [6, 6.07) is 3.58. The summed E-state index contributed by atoms with van der Waals surface area (Å²) in [5.41, 5.74) is -0.805. The minimum Gasteiger partial charge on any atom is -0.505 e. The van der Waals surface area contributed by atoms with Crippen LogP contribution in [0.5, 0.6) is 5.75 Å². The fourth-order valence-electron chi connectivity index (χ4n) is 1.55. The van der Waals surface area contributed by atoms with Crippen molar-refractivity contribution in [3.05, 3.63) is 35.9 Å². The first-order valence-corrected chi connectivity index (χ1v) is 4.73. The van der Waals surface area contributed by atoms with E-state index in [1.807, 2.05) is 0 Å². The Kier molecular flexibility index (Phi) is 2.76. The van der Waals surface area contributed by atoms with Gasteiger partial charge in [0.2, 0.25) is 0 Å². The van der Waals surface area contributed by atoms with Gasteiger partial charge in [0.25, 0.3) is 0 Å². The molecule has 7 heteroatoms. The summed E-state index contributed by atoms with van der Waals surface area (Å²) in [5.74, 6) is -3.03. The molecule has 0 aliphatic heterocycles. The Bertz CT molecular complexity index is 608. The van der Waals surface area contributed by atoms with E-state index in [1.165, 1.54) is 6.07 Å². The molecule has 0 saturated heterocycles. The van der Waals surface area contributed by atoms with Crippen molar-refractivity contribution < 1.29 is 27.1 Å². The Labute approximate surface area is 97.6 Å². The van der Waals surface area contributed by atoms with Gasteiger partial charge in [-0.3, -0.25) is 5.32 Å². The number of hydrogen-bond donors (Lipinski definition) is 2. The van der Waals surface area contributed by atoms with Crippen LogP contribution >= 0.6 is 0 Å². The van der Waals surface area contributed by atoms with Gasteiger partial charge in [0.05, 0.1) is 5.69 Å². The predicted molar refractivity (Wildman–Crippen MR) is 55.2 cm³/mol. The Morgan fingerprint density at radius 1 is 1.06 bits per heavy atom. The monoisotopic (exact) mass is 263 g/mol. The molecule has 2 rings (SSSR count). The summed E-state index contributed by atoms with van der Waals surface area (Å²) >= 11 is 0. The number of phenols is 1. The Morgan fingerprint density at radius 3 is 2.33 bits per heavy atom. The zero-order valence-corrected chi connectivity index (χ0v) is 8.65. The van der Waals surface area contributed by atoms with Crippen LogP contribution in [0.25, 0.3) is 10.8 Å². The molecule has 2 nitrogen and oxygen atoms in total. The first kappa shape index (κ1) is 12.4. The van der Waals surface area contributed by atoms with Crippen LogP contribution in [-0.2, 0) is 0 Å². The van der Waals surface area contributed by atoms with Gasteiger partial charge in [0.1, 0.15) is 5.82 Å². The molecule has 0 atom stereocenters. The number of alkyl halides is 3. The lowest BCUT2D eigenvalue weighted by Crippen LogP contribution is -2.21. The summed E-state index contributed by atoms with van der Waals surface area (Å²) in [6.07, 6.45) is -4.79. The van der Waals surface area contributed by atoms with Crippen molar-refractivity contribution in [1.29, 1.82) is 0 Å². The summed E-state index contributed by atoms with van der Waals surface area (Å²) < 4.78 is 63.0. The molecule has 2 aromatic carbocycles. The molecule has 2 aromatic rings. The summed E-state index contributed by atoms with van der Waals surface area (Å²) in [5, 5.41) is 9.84. The maximum atomic E-state index is 13.4. The van der Waals surface area contributed by atoms with Crippen LogP contribution in [0.3, 0.4) is 0 Å². The van der Waals surface area contributed by atoms with Gasteiger partial charge in [-0.2, -0.15) is 13.2 Å². The fraction of sp³-hybridized carbons (Fsp3) is 0.0909. The number of nitrogens with one attached hydrogen (secondary N) is 1. The first-order chi connectivity index (χ1) is 8.28. The van der Waals surface area contributed by atoms with Crippen LogP contribution in [0, 0.1) is 11.6 Å². The highest BCUT2D eigenvalue weighted by molar-refractivity contribution is 5.87. The molecular weight excluding hydrogens is 257 g/mol. The standard InChI is InChI=1S/C11H6F5NO/c12-7-4-6-5(1-2-9(18)10(6)13)3-8(7)17-11(14,15)16/h1-4,17-18H. The number of rotatable bonds is 1. The van der Waals surface area contributed by atoms with Crippen molar-refractivity contribution in [2.45, 2.75) is 6.30 Å². The van der Waals surface area contributed by atoms with Gasteiger partial charge in [-0.1, -0.05) is 6.07 Å². The van der Waals surface area contributed by atoms with E-state index in [1.54, 1.807) is 0 Å². The SMILES string of the molecule is Oc1ccc2cc(NC(F)(F)F)c(F)cc2c1F. The molecule has 0 amide bonds. The van der Waals surface area contributed by atoms with Gasteiger partial charge < -0.3 is 5.11 Å². The van der Waals surface area contributed by atoms with E-state index in [9.17, 15) is 22.0 Å². The minimum atomic E-state index is -4.79. The second-order valence-corrected chi connectivity index (χ2v) is 3.57. The fourth-order valence-corrected chi connectivity index (χ4v) is 1.55.